The second-order valence-electron chi connectivity index (χ2n) is 16.0. The van der Waals surface area contributed by atoms with E-state index in [-0.39, 0.29) is 32.1 Å². The average Bonchev–Trinajstić information content (AvgIpc) is 3.17. The number of carbonyl (C=O) groups excluding carboxylic acids is 4. The summed E-state index contributed by atoms with van der Waals surface area (Å²) >= 11 is 0. The molecular formula is C45H50N4O8. The molecule has 2 aliphatic rings. The zero-order valence-corrected chi connectivity index (χ0v) is 33.2. The third-order valence-corrected chi connectivity index (χ3v) is 9.36. The minimum Gasteiger partial charge on any atom is -0.453 e. The van der Waals surface area contributed by atoms with Gasteiger partial charge in [0.25, 0.3) is 0 Å². The zero-order chi connectivity index (χ0) is 40.7. The van der Waals surface area contributed by atoms with E-state index in [1.165, 1.54) is 9.80 Å². The summed E-state index contributed by atoms with van der Waals surface area (Å²) in [6.07, 6.45) is -3.17. The molecular weight excluding hydrogens is 725 g/mol. The first kappa shape index (κ1) is 40.5. The Hall–Kier alpha value is -6.17. The maximum absolute atomic E-state index is 14.8. The van der Waals surface area contributed by atoms with Gasteiger partial charge < -0.3 is 23.8 Å². The van der Waals surface area contributed by atoms with Gasteiger partial charge in [-0.05, 0) is 70.2 Å². The van der Waals surface area contributed by atoms with E-state index < -0.39 is 59.7 Å². The minimum atomic E-state index is -1.30. The van der Waals surface area contributed by atoms with E-state index in [9.17, 15) is 19.2 Å². The van der Waals surface area contributed by atoms with Crippen molar-refractivity contribution in [3.8, 4) is 0 Å². The molecule has 298 valence electrons. The standard InChI is InChI=1S/C45H50N4O8/c1-44(2,3)56-41(51)46-40-47(42(52)57-45(4,5)6)28-27-35(48(40)29-31-19-11-7-12-20-31)37-39(50)55-38(34-25-17-10-18-26-34)36(33-23-15-9-16-24-33)49(37)43(53)54-30-32-21-13-8-14-22-32/h7-26,35-38H,27-30H2,1-6H3/b46-40+/t35-,36+,37+,38-/m1/s1. The molecule has 4 aromatic rings. The third kappa shape index (κ3) is 10.2. The van der Waals surface area contributed by atoms with Gasteiger partial charge in [-0.3, -0.25) is 4.90 Å². The Morgan fingerprint density at radius 1 is 0.684 bits per heavy atom. The molecule has 0 radical (unpaired) electrons. The number of nitrogens with zero attached hydrogens (tertiary/aromatic N) is 4. The van der Waals surface area contributed by atoms with Gasteiger partial charge in [-0.15, -0.1) is 4.99 Å². The van der Waals surface area contributed by atoms with E-state index in [0.717, 1.165) is 11.1 Å². The molecule has 0 saturated carbocycles. The molecule has 0 aliphatic carbocycles. The van der Waals surface area contributed by atoms with Crippen molar-refractivity contribution in [2.24, 2.45) is 4.99 Å². The number of hydrogen-bond acceptors (Lipinski definition) is 8. The molecule has 2 fully saturated rings. The highest BCUT2D eigenvalue weighted by atomic mass is 16.6. The van der Waals surface area contributed by atoms with E-state index >= 15 is 0 Å². The third-order valence-electron chi connectivity index (χ3n) is 9.36. The predicted octanol–water partition coefficient (Wildman–Crippen LogP) is 8.84. The maximum Gasteiger partial charge on any atom is 0.437 e. The molecule has 12 heteroatoms. The highest BCUT2D eigenvalue weighted by molar-refractivity contribution is 6.00. The minimum absolute atomic E-state index is 0.0126. The highest BCUT2D eigenvalue weighted by Crippen LogP contribution is 2.45. The fourth-order valence-corrected chi connectivity index (χ4v) is 7.03. The van der Waals surface area contributed by atoms with Crippen molar-refractivity contribution in [1.82, 2.24) is 14.7 Å². The number of guanidine groups is 1. The first-order chi connectivity index (χ1) is 27.2. The van der Waals surface area contributed by atoms with Gasteiger partial charge in [0.15, 0.2) is 12.1 Å². The van der Waals surface area contributed by atoms with Crippen molar-refractivity contribution in [3.05, 3.63) is 144 Å². The Morgan fingerprint density at radius 2 is 1.21 bits per heavy atom. The van der Waals surface area contributed by atoms with E-state index in [1.54, 1.807) is 46.4 Å². The lowest BCUT2D eigenvalue weighted by Crippen LogP contribution is -2.67. The van der Waals surface area contributed by atoms with Crippen LogP contribution in [0.25, 0.3) is 0 Å². The summed E-state index contributed by atoms with van der Waals surface area (Å²) in [5.74, 6) is -0.774. The molecule has 2 heterocycles. The lowest BCUT2D eigenvalue weighted by Gasteiger charge is -2.51. The number of benzene rings is 4. The Bertz CT molecular complexity index is 2030. The van der Waals surface area contributed by atoms with E-state index in [0.29, 0.717) is 11.1 Å². The molecule has 2 aliphatic heterocycles. The Labute approximate surface area is 334 Å². The summed E-state index contributed by atoms with van der Waals surface area (Å²) in [4.78, 5) is 66.0. The molecule has 0 unspecified atom stereocenters. The molecule has 12 nitrogen and oxygen atoms in total. The quantitative estimate of drug-likeness (QED) is 0.134. The van der Waals surface area contributed by atoms with Crippen LogP contribution in [0.1, 0.15) is 82.4 Å². The van der Waals surface area contributed by atoms with Crippen molar-refractivity contribution >= 4 is 30.2 Å². The number of rotatable bonds is 7. The van der Waals surface area contributed by atoms with Crippen LogP contribution in [0.4, 0.5) is 14.4 Å². The number of morpholine rings is 1. The van der Waals surface area contributed by atoms with Crippen LogP contribution in [0.15, 0.2) is 126 Å². The zero-order valence-electron chi connectivity index (χ0n) is 33.2. The molecule has 4 atom stereocenters. The number of ether oxygens (including phenoxy) is 4. The number of hydrogen-bond donors (Lipinski definition) is 0. The van der Waals surface area contributed by atoms with Gasteiger partial charge in [-0.2, -0.15) is 0 Å². The molecule has 0 spiro atoms. The Kier molecular flexibility index (Phi) is 12.3. The van der Waals surface area contributed by atoms with Crippen LogP contribution in [0.2, 0.25) is 0 Å². The van der Waals surface area contributed by atoms with Crippen LogP contribution < -0.4 is 0 Å². The average molecular weight is 775 g/mol. The predicted molar refractivity (Wildman–Crippen MR) is 214 cm³/mol. The topological polar surface area (TPSA) is 127 Å². The van der Waals surface area contributed by atoms with Gasteiger partial charge in [0.2, 0.25) is 5.96 Å². The van der Waals surface area contributed by atoms with E-state index in [1.807, 2.05) is 121 Å². The highest BCUT2D eigenvalue weighted by Gasteiger charge is 2.55. The summed E-state index contributed by atoms with van der Waals surface area (Å²) in [6, 6.07) is 34.3. The number of aliphatic imine (C=N–C) groups is 1. The van der Waals surface area contributed by atoms with Gasteiger partial charge in [-0.1, -0.05) is 121 Å². The largest absolute Gasteiger partial charge is 0.453 e. The van der Waals surface area contributed by atoms with Crippen LogP contribution in [0, 0.1) is 0 Å². The van der Waals surface area contributed by atoms with Crippen LogP contribution in [-0.4, -0.2) is 74.7 Å². The molecule has 0 bridgehead atoms. The van der Waals surface area contributed by atoms with Crippen molar-refractivity contribution in [2.75, 3.05) is 6.54 Å². The lowest BCUT2D eigenvalue weighted by molar-refractivity contribution is -0.177. The van der Waals surface area contributed by atoms with Crippen molar-refractivity contribution in [1.29, 1.82) is 0 Å². The number of cyclic esters (lactones) is 1. The van der Waals surface area contributed by atoms with E-state index in [4.69, 9.17) is 18.9 Å². The summed E-state index contributed by atoms with van der Waals surface area (Å²) in [7, 11) is 0. The first-order valence-electron chi connectivity index (χ1n) is 19.1. The fourth-order valence-electron chi connectivity index (χ4n) is 7.03. The Balaban J connectivity index is 1.52. The summed E-state index contributed by atoms with van der Waals surface area (Å²) in [6.45, 7) is 10.4. The molecule has 2 saturated heterocycles. The van der Waals surface area contributed by atoms with Gasteiger partial charge in [-0.25, -0.2) is 24.1 Å². The monoisotopic (exact) mass is 774 g/mol. The second kappa shape index (κ2) is 17.3. The second-order valence-corrected chi connectivity index (χ2v) is 16.0. The normalized spacial score (nSPS) is 20.8. The Morgan fingerprint density at radius 3 is 1.77 bits per heavy atom. The number of carbonyl (C=O) groups is 4. The van der Waals surface area contributed by atoms with Gasteiger partial charge in [0, 0.05) is 13.1 Å². The lowest BCUT2D eigenvalue weighted by atomic mass is 9.88. The van der Waals surface area contributed by atoms with Gasteiger partial charge in [0.05, 0.1) is 6.04 Å². The van der Waals surface area contributed by atoms with Crippen molar-refractivity contribution in [3.63, 3.8) is 0 Å². The number of esters is 1. The van der Waals surface area contributed by atoms with Gasteiger partial charge >= 0.3 is 24.2 Å². The summed E-state index contributed by atoms with van der Waals surface area (Å²) in [5.41, 5.74) is 1.17. The molecule has 6 rings (SSSR count). The van der Waals surface area contributed by atoms with Crippen LogP contribution >= 0.6 is 0 Å². The van der Waals surface area contributed by atoms with Gasteiger partial charge in [0.1, 0.15) is 23.9 Å². The SMILES string of the molecule is CC(C)(C)OC(=O)/N=C1\N(C(=O)OC(C)(C)C)CC[C@H]([C@H]2C(=O)O[C@H](c3ccccc3)[C@H](c3ccccc3)N2C(=O)OCc2ccccc2)N1Cc1ccccc1. The smallest absolute Gasteiger partial charge is 0.437 e. The van der Waals surface area contributed by atoms with Crippen LogP contribution in [-0.2, 0) is 36.9 Å². The number of amides is 3. The molecule has 0 aromatic heterocycles. The molecule has 4 aromatic carbocycles. The van der Waals surface area contributed by atoms with Crippen LogP contribution in [0.3, 0.4) is 0 Å². The summed E-state index contributed by atoms with van der Waals surface area (Å²) < 4.78 is 23.9. The van der Waals surface area contributed by atoms with E-state index in [2.05, 4.69) is 4.99 Å². The molecule has 0 N–H and O–H groups in total. The van der Waals surface area contributed by atoms with Crippen molar-refractivity contribution in [2.45, 2.75) is 96.5 Å². The maximum atomic E-state index is 14.8. The fraction of sp³-hybridized carbons (Fsp3) is 0.356. The molecule has 3 amide bonds. The van der Waals surface area contributed by atoms with Crippen molar-refractivity contribution < 1.29 is 38.1 Å². The summed E-state index contributed by atoms with van der Waals surface area (Å²) in [5, 5.41) is 0. The van der Waals surface area contributed by atoms with Crippen LogP contribution in [0.5, 0.6) is 0 Å². The first-order valence-corrected chi connectivity index (χ1v) is 19.1. The molecule has 57 heavy (non-hydrogen) atoms.